The molecule has 2 aromatic rings. The highest BCUT2D eigenvalue weighted by molar-refractivity contribution is 6.32. The van der Waals surface area contributed by atoms with Gasteiger partial charge in [-0.05, 0) is 93.8 Å². The molecule has 7 heteroatoms. The summed E-state index contributed by atoms with van der Waals surface area (Å²) in [5, 5.41) is 0.270. The van der Waals surface area contributed by atoms with Gasteiger partial charge in [0.15, 0.2) is 0 Å². The normalized spacial score (nSPS) is 17.8. The fourth-order valence-electron chi connectivity index (χ4n) is 4.21. The van der Waals surface area contributed by atoms with Crippen molar-refractivity contribution in [3.63, 3.8) is 0 Å². The van der Waals surface area contributed by atoms with Gasteiger partial charge in [0.25, 0.3) is 0 Å². The van der Waals surface area contributed by atoms with Gasteiger partial charge in [0.2, 0.25) is 0 Å². The van der Waals surface area contributed by atoms with Gasteiger partial charge in [0.05, 0.1) is 10.6 Å². The molecule has 0 amide bonds. The molecule has 0 N–H and O–H groups in total. The maximum atomic E-state index is 14.9. The topological polar surface area (TPSA) is 38.8 Å². The summed E-state index contributed by atoms with van der Waals surface area (Å²) in [7, 11) is 0. The van der Waals surface area contributed by atoms with Gasteiger partial charge in [-0.2, -0.15) is 0 Å². The van der Waals surface area contributed by atoms with Gasteiger partial charge in [-0.15, -0.1) is 0 Å². The van der Waals surface area contributed by atoms with E-state index in [1.807, 2.05) is 0 Å². The highest BCUT2D eigenvalue weighted by atomic mass is 35.5. The minimum Gasteiger partial charge on any atom is -0.489 e. The predicted molar refractivity (Wildman–Crippen MR) is 124 cm³/mol. The van der Waals surface area contributed by atoms with Crippen molar-refractivity contribution < 1.29 is 23.0 Å². The summed E-state index contributed by atoms with van der Waals surface area (Å²) in [6.45, 7) is 7.54. The van der Waals surface area contributed by atoms with Crippen LogP contribution in [-0.4, -0.2) is 35.7 Å². The number of hydrogen-bond donors (Lipinski definition) is 0. The van der Waals surface area contributed by atoms with Crippen molar-refractivity contribution in [2.24, 2.45) is 0 Å². The molecule has 0 bridgehead atoms. The Hall–Kier alpha value is -2.18. The number of carbonyl (C=O) groups excluding carboxylic acids is 1. The minimum atomic E-state index is -0.674. The van der Waals surface area contributed by atoms with E-state index >= 15 is 0 Å². The molecular weight excluding hydrogens is 448 g/mol. The molecule has 1 saturated carbocycles. The summed E-state index contributed by atoms with van der Waals surface area (Å²) in [5.41, 5.74) is 1.32. The summed E-state index contributed by atoms with van der Waals surface area (Å²) < 4.78 is 39.5. The molecule has 4 nitrogen and oxygen atoms in total. The quantitative estimate of drug-likeness (QED) is 0.445. The molecule has 0 spiro atoms. The third-order valence-corrected chi connectivity index (χ3v) is 6.28. The average Bonchev–Trinajstić information content (AvgIpc) is 3.55. The van der Waals surface area contributed by atoms with Crippen molar-refractivity contribution in [2.75, 3.05) is 13.1 Å². The summed E-state index contributed by atoms with van der Waals surface area (Å²) in [4.78, 5) is 14.8. The van der Waals surface area contributed by atoms with Crippen LogP contribution in [0.2, 0.25) is 5.02 Å². The first-order chi connectivity index (χ1) is 15.6. The first-order valence-electron chi connectivity index (χ1n) is 11.5. The lowest BCUT2D eigenvalue weighted by Crippen LogP contribution is -2.38. The molecule has 4 rings (SSSR count). The first kappa shape index (κ1) is 24.0. The van der Waals surface area contributed by atoms with Gasteiger partial charge in [-0.25, -0.2) is 13.6 Å². The molecule has 33 heavy (non-hydrogen) atoms. The van der Waals surface area contributed by atoms with Gasteiger partial charge in [-0.3, -0.25) is 4.90 Å². The average molecular weight is 478 g/mol. The van der Waals surface area contributed by atoms with Crippen LogP contribution < -0.4 is 4.74 Å². The Bertz CT molecular complexity index is 1020. The largest absolute Gasteiger partial charge is 0.489 e. The molecule has 0 radical (unpaired) electrons. The zero-order valence-corrected chi connectivity index (χ0v) is 20.1. The lowest BCUT2D eigenvalue weighted by atomic mass is 9.97. The van der Waals surface area contributed by atoms with Crippen LogP contribution in [0.5, 0.6) is 5.75 Å². The van der Waals surface area contributed by atoms with Crippen LogP contribution in [0.4, 0.5) is 8.78 Å². The van der Waals surface area contributed by atoms with Crippen LogP contribution in [0.1, 0.15) is 73.9 Å². The molecular formula is C26H30ClF2NO3. The molecule has 1 heterocycles. The number of rotatable bonds is 6. The van der Waals surface area contributed by atoms with E-state index in [0.29, 0.717) is 18.2 Å². The van der Waals surface area contributed by atoms with Crippen molar-refractivity contribution in [3.05, 3.63) is 63.7 Å². The number of halogens is 3. The summed E-state index contributed by atoms with van der Waals surface area (Å²) in [5.74, 6) is -0.673. The lowest BCUT2D eigenvalue weighted by molar-refractivity contribution is 0.00644. The van der Waals surface area contributed by atoms with Crippen LogP contribution in [0, 0.1) is 11.6 Å². The fourth-order valence-corrected chi connectivity index (χ4v) is 4.42. The maximum Gasteiger partial charge on any atom is 0.341 e. The Morgan fingerprint density at radius 2 is 1.79 bits per heavy atom. The number of likely N-dealkylation sites (tertiary alicyclic amines) is 1. The lowest BCUT2D eigenvalue weighted by Gasteiger charge is -2.33. The van der Waals surface area contributed by atoms with Crippen LogP contribution in [0.25, 0.3) is 0 Å². The third-order valence-electron chi connectivity index (χ3n) is 5.98. The molecule has 1 aliphatic heterocycles. The Labute approximate surface area is 198 Å². The van der Waals surface area contributed by atoms with E-state index in [9.17, 15) is 13.6 Å². The van der Waals surface area contributed by atoms with E-state index in [0.717, 1.165) is 49.9 Å². The number of hydrogen-bond acceptors (Lipinski definition) is 4. The molecule has 178 valence electrons. The molecule has 1 aliphatic carbocycles. The van der Waals surface area contributed by atoms with Crippen molar-refractivity contribution in [1.29, 1.82) is 0 Å². The van der Waals surface area contributed by atoms with Crippen molar-refractivity contribution in [2.45, 2.75) is 70.6 Å². The second-order valence-electron chi connectivity index (χ2n) is 9.98. The van der Waals surface area contributed by atoms with Crippen LogP contribution in [0.15, 0.2) is 30.3 Å². The van der Waals surface area contributed by atoms with Gasteiger partial charge in [-0.1, -0.05) is 11.6 Å². The number of esters is 1. The third kappa shape index (κ3) is 6.24. The van der Waals surface area contributed by atoms with E-state index < -0.39 is 23.2 Å². The Morgan fingerprint density at radius 1 is 1.09 bits per heavy atom. The molecule has 2 fully saturated rings. The van der Waals surface area contributed by atoms with Gasteiger partial charge in [0, 0.05) is 19.6 Å². The van der Waals surface area contributed by atoms with E-state index in [2.05, 4.69) is 4.90 Å². The number of carbonyl (C=O) groups is 1. The highest BCUT2D eigenvalue weighted by Crippen LogP contribution is 2.43. The Balaban J connectivity index is 1.41. The van der Waals surface area contributed by atoms with Gasteiger partial charge >= 0.3 is 5.97 Å². The van der Waals surface area contributed by atoms with E-state index in [1.165, 1.54) is 18.2 Å². The first-order valence-corrected chi connectivity index (χ1v) is 11.9. The summed E-state index contributed by atoms with van der Waals surface area (Å²) >= 11 is 6.08. The minimum absolute atomic E-state index is 0.00149. The summed E-state index contributed by atoms with van der Waals surface area (Å²) in [6.07, 6.45) is 3.70. The zero-order chi connectivity index (χ0) is 23.8. The van der Waals surface area contributed by atoms with E-state index in [-0.39, 0.29) is 16.7 Å². The molecule has 0 atom stereocenters. The standard InChI is InChI=1S/C26H30ClF2NO3/c1-26(2,3)33-25(31)21-14-20(16-4-5-16)17(12-23(21)29)15-30-10-8-19(9-11-30)32-24-7-6-18(28)13-22(24)27/h6-7,12-14,16,19H,4-5,8-11,15H2,1-3H3. The highest BCUT2D eigenvalue weighted by Gasteiger charge is 2.31. The van der Waals surface area contributed by atoms with Crippen molar-refractivity contribution >= 4 is 17.6 Å². The predicted octanol–water partition coefficient (Wildman–Crippen LogP) is 6.49. The smallest absolute Gasteiger partial charge is 0.341 e. The van der Waals surface area contributed by atoms with Gasteiger partial charge < -0.3 is 9.47 Å². The molecule has 0 unspecified atom stereocenters. The number of benzene rings is 2. The number of nitrogens with zero attached hydrogens (tertiary/aromatic N) is 1. The van der Waals surface area contributed by atoms with Crippen LogP contribution in [-0.2, 0) is 11.3 Å². The molecule has 2 aliphatic rings. The monoisotopic (exact) mass is 477 g/mol. The molecule has 0 aromatic heterocycles. The second-order valence-corrected chi connectivity index (χ2v) is 10.4. The summed E-state index contributed by atoms with van der Waals surface area (Å²) in [6, 6.07) is 7.35. The zero-order valence-electron chi connectivity index (χ0n) is 19.3. The Kier molecular flexibility index (Phi) is 6.96. The number of piperidine rings is 1. The fraction of sp³-hybridized carbons (Fsp3) is 0.500. The second kappa shape index (κ2) is 9.59. The van der Waals surface area contributed by atoms with Gasteiger partial charge in [0.1, 0.15) is 29.1 Å². The SMILES string of the molecule is CC(C)(C)OC(=O)c1cc(C2CC2)c(CN2CCC(Oc3ccc(F)cc3Cl)CC2)cc1F. The van der Waals surface area contributed by atoms with Crippen molar-refractivity contribution in [1.82, 2.24) is 4.90 Å². The number of ether oxygens (including phenoxy) is 2. The van der Waals surface area contributed by atoms with E-state index in [1.54, 1.807) is 32.9 Å². The van der Waals surface area contributed by atoms with Crippen LogP contribution >= 0.6 is 11.6 Å². The Morgan fingerprint density at radius 3 is 2.39 bits per heavy atom. The van der Waals surface area contributed by atoms with Crippen LogP contribution in [0.3, 0.4) is 0 Å². The maximum absolute atomic E-state index is 14.9. The van der Waals surface area contributed by atoms with Crippen molar-refractivity contribution in [3.8, 4) is 5.75 Å². The van der Waals surface area contributed by atoms with E-state index in [4.69, 9.17) is 21.1 Å². The molecule has 2 aromatic carbocycles. The molecule has 1 saturated heterocycles.